The molecule has 1 aromatic carbocycles. The number of halogens is 1. The van der Waals surface area contributed by atoms with Gasteiger partial charge in [0, 0.05) is 6.42 Å². The predicted octanol–water partition coefficient (Wildman–Crippen LogP) is 3.07. The zero-order valence-electron chi connectivity index (χ0n) is 13.3. The Morgan fingerprint density at radius 2 is 2.00 bits per heavy atom. The number of ether oxygens (including phenoxy) is 1. The van der Waals surface area contributed by atoms with Crippen molar-refractivity contribution in [3.05, 3.63) is 29.8 Å². The molecule has 21 heavy (non-hydrogen) atoms. The molecule has 0 aliphatic heterocycles. The van der Waals surface area contributed by atoms with Crippen molar-refractivity contribution in [1.29, 1.82) is 0 Å². The van der Waals surface area contributed by atoms with E-state index in [4.69, 9.17) is 4.74 Å². The highest BCUT2D eigenvalue weighted by atomic mass is 35.5. The average molecular weight is 315 g/mol. The maximum atomic E-state index is 11.8. The van der Waals surface area contributed by atoms with Gasteiger partial charge < -0.3 is 15.4 Å². The Balaban J connectivity index is 0.00000400. The Labute approximate surface area is 134 Å². The maximum Gasteiger partial charge on any atom is 0.220 e. The first-order valence-corrected chi connectivity index (χ1v) is 7.23. The Morgan fingerprint density at radius 1 is 1.29 bits per heavy atom. The van der Waals surface area contributed by atoms with Gasteiger partial charge in [0.25, 0.3) is 0 Å². The van der Waals surface area contributed by atoms with Crippen molar-refractivity contribution in [2.24, 2.45) is 0 Å². The van der Waals surface area contributed by atoms with Gasteiger partial charge in [-0.2, -0.15) is 0 Å². The zero-order valence-corrected chi connectivity index (χ0v) is 14.1. The second-order valence-corrected chi connectivity index (χ2v) is 5.24. The normalized spacial score (nSPS) is 11.7. The van der Waals surface area contributed by atoms with E-state index in [1.807, 2.05) is 52.1 Å². The van der Waals surface area contributed by atoms with Gasteiger partial charge in [0.1, 0.15) is 5.75 Å². The third-order valence-electron chi connectivity index (χ3n) is 2.94. The molecule has 0 bridgehead atoms. The van der Waals surface area contributed by atoms with E-state index >= 15 is 0 Å². The summed E-state index contributed by atoms with van der Waals surface area (Å²) in [6.07, 6.45) is 1.55. The molecule has 0 saturated carbocycles. The molecule has 0 aromatic heterocycles. The largest absolute Gasteiger partial charge is 0.491 e. The summed E-state index contributed by atoms with van der Waals surface area (Å²) in [7, 11) is 1.89. The monoisotopic (exact) mass is 314 g/mol. The number of carbonyl (C=O) groups is 1. The molecule has 0 fully saturated rings. The highest BCUT2D eigenvalue weighted by molar-refractivity contribution is 5.85. The van der Waals surface area contributed by atoms with E-state index in [0.717, 1.165) is 24.3 Å². The van der Waals surface area contributed by atoms with Crippen LogP contribution in [0.15, 0.2) is 24.3 Å². The van der Waals surface area contributed by atoms with E-state index in [9.17, 15) is 4.79 Å². The third kappa shape index (κ3) is 7.93. The first-order chi connectivity index (χ1) is 9.52. The van der Waals surface area contributed by atoms with Crippen LogP contribution in [0, 0.1) is 0 Å². The average Bonchev–Trinajstić information content (AvgIpc) is 2.38. The van der Waals surface area contributed by atoms with E-state index in [2.05, 4.69) is 10.6 Å². The summed E-state index contributed by atoms with van der Waals surface area (Å²) in [5.74, 6) is 0.928. The smallest absolute Gasteiger partial charge is 0.220 e. The maximum absolute atomic E-state index is 11.8. The Bertz CT molecular complexity index is 424. The van der Waals surface area contributed by atoms with Crippen LogP contribution in [0.2, 0.25) is 0 Å². The van der Waals surface area contributed by atoms with Crippen LogP contribution in [0.3, 0.4) is 0 Å². The molecule has 1 atom stereocenters. The predicted molar refractivity (Wildman–Crippen MR) is 89.2 cm³/mol. The van der Waals surface area contributed by atoms with Gasteiger partial charge in [-0.3, -0.25) is 4.79 Å². The summed E-state index contributed by atoms with van der Waals surface area (Å²) >= 11 is 0. The third-order valence-corrected chi connectivity index (χ3v) is 2.94. The molecule has 0 spiro atoms. The van der Waals surface area contributed by atoms with E-state index < -0.39 is 0 Å². The number of amides is 1. The molecule has 0 aliphatic carbocycles. The second kappa shape index (κ2) is 10.5. The van der Waals surface area contributed by atoms with E-state index in [0.29, 0.717) is 6.42 Å². The van der Waals surface area contributed by atoms with Crippen LogP contribution in [0.1, 0.15) is 45.2 Å². The van der Waals surface area contributed by atoms with Crippen molar-refractivity contribution < 1.29 is 9.53 Å². The molecule has 1 rings (SSSR count). The molecule has 4 nitrogen and oxygen atoms in total. The van der Waals surface area contributed by atoms with Crippen LogP contribution >= 0.6 is 12.4 Å². The topological polar surface area (TPSA) is 50.4 Å². The Hall–Kier alpha value is -1.26. The first-order valence-electron chi connectivity index (χ1n) is 7.23. The lowest BCUT2D eigenvalue weighted by Crippen LogP contribution is -2.27. The number of hydrogen-bond acceptors (Lipinski definition) is 3. The fourth-order valence-electron chi connectivity index (χ4n) is 1.95. The molecule has 0 heterocycles. The summed E-state index contributed by atoms with van der Waals surface area (Å²) in [5, 5.41) is 6.05. The summed E-state index contributed by atoms with van der Waals surface area (Å²) in [5.41, 5.74) is 1.06. The van der Waals surface area contributed by atoms with Gasteiger partial charge in [-0.15, -0.1) is 12.4 Å². The van der Waals surface area contributed by atoms with Crippen LogP contribution in [0.4, 0.5) is 0 Å². The lowest BCUT2D eigenvalue weighted by molar-refractivity contribution is -0.121. The molecule has 0 saturated heterocycles. The summed E-state index contributed by atoms with van der Waals surface area (Å²) in [4.78, 5) is 11.8. The SMILES string of the molecule is CNCCCC(=O)NC(C)c1cccc(OC(C)C)c1.Cl. The molecule has 1 aromatic rings. The Morgan fingerprint density at radius 3 is 2.62 bits per heavy atom. The fraction of sp³-hybridized carbons (Fsp3) is 0.562. The van der Waals surface area contributed by atoms with Gasteiger partial charge in [0.2, 0.25) is 5.91 Å². The van der Waals surface area contributed by atoms with E-state index in [1.165, 1.54) is 0 Å². The highest BCUT2D eigenvalue weighted by Crippen LogP contribution is 2.20. The van der Waals surface area contributed by atoms with Gasteiger partial charge in [0.15, 0.2) is 0 Å². The lowest BCUT2D eigenvalue weighted by atomic mass is 10.1. The molecule has 5 heteroatoms. The number of benzene rings is 1. The molecular weight excluding hydrogens is 288 g/mol. The molecule has 120 valence electrons. The van der Waals surface area contributed by atoms with Crippen LogP contribution in [0.25, 0.3) is 0 Å². The van der Waals surface area contributed by atoms with Crippen molar-refractivity contribution in [2.45, 2.75) is 45.8 Å². The van der Waals surface area contributed by atoms with Gasteiger partial charge in [0.05, 0.1) is 12.1 Å². The van der Waals surface area contributed by atoms with Gasteiger partial charge in [-0.05, 0) is 58.5 Å². The van der Waals surface area contributed by atoms with Crippen LogP contribution < -0.4 is 15.4 Å². The van der Waals surface area contributed by atoms with Crippen molar-refractivity contribution >= 4 is 18.3 Å². The number of nitrogens with one attached hydrogen (secondary N) is 2. The van der Waals surface area contributed by atoms with Crippen molar-refractivity contribution in [2.75, 3.05) is 13.6 Å². The molecule has 2 N–H and O–H groups in total. The molecule has 0 aliphatic rings. The van der Waals surface area contributed by atoms with Crippen LogP contribution in [-0.2, 0) is 4.79 Å². The minimum absolute atomic E-state index is 0. The first kappa shape index (κ1) is 19.7. The highest BCUT2D eigenvalue weighted by Gasteiger charge is 2.10. The van der Waals surface area contributed by atoms with E-state index in [-0.39, 0.29) is 30.5 Å². The van der Waals surface area contributed by atoms with Gasteiger partial charge in [-0.1, -0.05) is 12.1 Å². The molecule has 1 unspecified atom stereocenters. The summed E-state index contributed by atoms with van der Waals surface area (Å²) in [6.45, 7) is 6.85. The standard InChI is InChI=1S/C16H26N2O2.ClH/c1-12(2)20-15-8-5-7-14(11-15)13(3)18-16(19)9-6-10-17-4;/h5,7-8,11-13,17H,6,9-10H2,1-4H3,(H,18,19);1H. The number of rotatable bonds is 8. The van der Waals surface area contributed by atoms with Crippen molar-refractivity contribution in [3.8, 4) is 5.75 Å². The summed E-state index contributed by atoms with van der Waals surface area (Å²) < 4.78 is 5.67. The molecule has 0 radical (unpaired) electrons. The minimum Gasteiger partial charge on any atom is -0.491 e. The van der Waals surface area contributed by atoms with Crippen LogP contribution in [-0.4, -0.2) is 25.6 Å². The van der Waals surface area contributed by atoms with E-state index in [1.54, 1.807) is 0 Å². The molecular formula is C16H27ClN2O2. The molecule has 1 amide bonds. The fourth-order valence-corrected chi connectivity index (χ4v) is 1.95. The zero-order chi connectivity index (χ0) is 15.0. The van der Waals surface area contributed by atoms with Crippen molar-refractivity contribution in [1.82, 2.24) is 10.6 Å². The van der Waals surface area contributed by atoms with Gasteiger partial charge in [-0.25, -0.2) is 0 Å². The lowest BCUT2D eigenvalue weighted by Gasteiger charge is -2.16. The number of hydrogen-bond donors (Lipinski definition) is 2. The summed E-state index contributed by atoms with van der Waals surface area (Å²) in [6, 6.07) is 7.87. The van der Waals surface area contributed by atoms with Crippen LogP contribution in [0.5, 0.6) is 5.75 Å². The van der Waals surface area contributed by atoms with Gasteiger partial charge >= 0.3 is 0 Å². The number of carbonyl (C=O) groups excluding carboxylic acids is 1. The second-order valence-electron chi connectivity index (χ2n) is 5.24. The minimum atomic E-state index is -0.00667. The van der Waals surface area contributed by atoms with Crippen molar-refractivity contribution in [3.63, 3.8) is 0 Å². The Kier molecular flexibility index (Phi) is 9.84. The quantitative estimate of drug-likeness (QED) is 0.725.